The molecular weight excluding hydrogens is 276 g/mol. The van der Waals surface area contributed by atoms with E-state index < -0.39 is 10.0 Å². The molecule has 0 heterocycles. The molecule has 0 saturated carbocycles. The van der Waals surface area contributed by atoms with Crippen molar-refractivity contribution in [2.45, 2.75) is 11.0 Å². The van der Waals surface area contributed by atoms with Gasteiger partial charge in [-0.05, 0) is 6.92 Å². The van der Waals surface area contributed by atoms with E-state index in [1.807, 2.05) is 0 Å². The molecule has 92 valence electrons. The Balaban J connectivity index is 0. The van der Waals surface area contributed by atoms with Crippen LogP contribution in [0.3, 0.4) is 0 Å². The highest BCUT2D eigenvalue weighted by Gasteiger charge is 2.21. The summed E-state index contributed by atoms with van der Waals surface area (Å²) < 4.78 is -1.19. The van der Waals surface area contributed by atoms with Gasteiger partial charge in [-0.3, -0.25) is 0 Å². The zero-order valence-electron chi connectivity index (χ0n) is 8.29. The molecule has 0 spiro atoms. The maximum atomic E-state index is 9.87. The number of carbonyl (C=O) groups is 1. The van der Waals surface area contributed by atoms with Crippen LogP contribution < -0.4 is 0 Å². The molecule has 0 aliphatic rings. The molecular formula is C7H16O4S4. The van der Waals surface area contributed by atoms with Gasteiger partial charge in [0.05, 0.1) is 13.2 Å². The predicted molar refractivity (Wildman–Crippen MR) is 73.1 cm³/mol. The number of hydrogen-bond donors (Lipinski definition) is 5. The first-order chi connectivity index (χ1) is 6.86. The molecule has 0 aliphatic heterocycles. The molecule has 0 aromatic heterocycles. The quantitative estimate of drug-likeness (QED) is 0.218. The van der Waals surface area contributed by atoms with E-state index >= 15 is 0 Å². The molecule has 0 bridgehead atoms. The van der Waals surface area contributed by atoms with E-state index in [-0.39, 0.29) is 13.2 Å². The van der Waals surface area contributed by atoms with Crippen molar-refractivity contribution < 1.29 is 20.1 Å². The van der Waals surface area contributed by atoms with Gasteiger partial charge >= 0.3 is 5.97 Å². The number of carboxylic acid groups (broad SMARTS) is 1. The predicted octanol–water partition coefficient (Wildman–Crippen LogP) is 0.999. The highest BCUT2D eigenvalue weighted by molar-refractivity contribution is 8.76. The van der Waals surface area contributed by atoms with Crippen molar-refractivity contribution >= 4 is 52.8 Å². The molecule has 15 heavy (non-hydrogen) atoms. The average molecular weight is 292 g/mol. The second-order valence-corrected chi connectivity index (χ2v) is 7.26. The fraction of sp³-hybridized carbons (Fsp3) is 0.857. The van der Waals surface area contributed by atoms with Gasteiger partial charge in [0.25, 0.3) is 0 Å². The van der Waals surface area contributed by atoms with Gasteiger partial charge in [-0.15, -0.1) is 0 Å². The van der Waals surface area contributed by atoms with Crippen molar-refractivity contribution in [1.29, 1.82) is 0 Å². The van der Waals surface area contributed by atoms with E-state index in [4.69, 9.17) is 15.3 Å². The summed E-state index contributed by atoms with van der Waals surface area (Å²) in [5, 5.41) is 24.6. The van der Waals surface area contributed by atoms with Crippen molar-refractivity contribution in [2.24, 2.45) is 0 Å². The maximum absolute atomic E-state index is 9.87. The van der Waals surface area contributed by atoms with Crippen LogP contribution in [0.5, 0.6) is 0 Å². The summed E-state index contributed by atoms with van der Waals surface area (Å²) in [5.41, 5.74) is 0. The molecule has 0 aromatic carbocycles. The number of aliphatic carboxylic acids is 1. The van der Waals surface area contributed by atoms with Gasteiger partial charge in [-0.25, -0.2) is 4.79 Å². The van der Waals surface area contributed by atoms with Gasteiger partial charge in [0.1, 0.15) is 4.08 Å². The van der Waals surface area contributed by atoms with Gasteiger partial charge < -0.3 is 15.3 Å². The summed E-state index contributed by atoms with van der Waals surface area (Å²) >= 11 is 7.23. The largest absolute Gasteiger partial charge is 0.480 e. The Morgan fingerprint density at radius 2 is 1.47 bits per heavy atom. The minimum Gasteiger partial charge on any atom is -0.480 e. The topological polar surface area (TPSA) is 77.8 Å². The Kier molecular flexibility index (Phi) is 13.7. The molecule has 0 aromatic rings. The SMILES string of the molecule is CC(S)(S)C(=O)O.OCCSSCCO. The minimum atomic E-state index is -1.19. The van der Waals surface area contributed by atoms with Crippen LogP contribution in [0.4, 0.5) is 0 Å². The second-order valence-electron chi connectivity index (χ2n) is 2.42. The Bertz CT molecular complexity index is 154. The lowest BCUT2D eigenvalue weighted by Crippen LogP contribution is -2.20. The van der Waals surface area contributed by atoms with E-state index in [2.05, 4.69) is 25.3 Å². The normalized spacial score (nSPS) is 10.5. The fourth-order valence-corrected chi connectivity index (χ4v) is 1.73. The van der Waals surface area contributed by atoms with E-state index in [0.717, 1.165) is 11.5 Å². The van der Waals surface area contributed by atoms with Crippen LogP contribution in [0.25, 0.3) is 0 Å². The third-order valence-corrected chi connectivity index (χ3v) is 3.59. The van der Waals surface area contributed by atoms with Crippen LogP contribution in [-0.4, -0.2) is 50.1 Å². The van der Waals surface area contributed by atoms with Crippen molar-refractivity contribution in [3.63, 3.8) is 0 Å². The van der Waals surface area contributed by atoms with E-state index in [1.165, 1.54) is 6.92 Å². The molecule has 8 heteroatoms. The molecule has 0 amide bonds. The van der Waals surface area contributed by atoms with Crippen LogP contribution in [-0.2, 0) is 4.79 Å². The standard InChI is InChI=1S/C4H10O2S2.C3H6O2S2/c5-1-3-7-8-4-2-6;1-3(6,7)2(4)5/h5-6H,1-4H2;6-7H,1H3,(H,4,5). The van der Waals surface area contributed by atoms with Crippen molar-refractivity contribution in [3.05, 3.63) is 0 Å². The van der Waals surface area contributed by atoms with Crippen molar-refractivity contribution in [2.75, 3.05) is 24.7 Å². The number of hydrogen-bond acceptors (Lipinski definition) is 7. The van der Waals surface area contributed by atoms with Gasteiger partial charge in [-0.2, -0.15) is 25.3 Å². The number of aliphatic hydroxyl groups excluding tert-OH is 2. The van der Waals surface area contributed by atoms with Crippen LogP contribution in [0.2, 0.25) is 0 Å². The van der Waals surface area contributed by atoms with E-state index in [9.17, 15) is 4.79 Å². The molecule has 0 fully saturated rings. The Hall–Kier alpha value is 0.790. The van der Waals surface area contributed by atoms with Crippen LogP contribution in [0.15, 0.2) is 0 Å². The molecule has 0 rings (SSSR count). The summed E-state index contributed by atoms with van der Waals surface area (Å²) in [6.07, 6.45) is 0. The Morgan fingerprint density at radius 3 is 1.60 bits per heavy atom. The summed E-state index contributed by atoms with van der Waals surface area (Å²) in [6, 6.07) is 0. The highest BCUT2D eigenvalue weighted by Crippen LogP contribution is 2.18. The lowest BCUT2D eigenvalue weighted by Gasteiger charge is -2.06. The molecule has 0 aliphatic carbocycles. The third kappa shape index (κ3) is 17.4. The number of carboxylic acids is 1. The Morgan fingerprint density at radius 1 is 1.20 bits per heavy atom. The van der Waals surface area contributed by atoms with Crippen molar-refractivity contribution in [3.8, 4) is 0 Å². The molecule has 0 atom stereocenters. The van der Waals surface area contributed by atoms with Gasteiger partial charge in [-0.1, -0.05) is 21.6 Å². The lowest BCUT2D eigenvalue weighted by atomic mass is 10.5. The number of thiol groups is 2. The lowest BCUT2D eigenvalue weighted by molar-refractivity contribution is -0.136. The molecule has 0 saturated heterocycles. The molecule has 3 N–H and O–H groups in total. The smallest absolute Gasteiger partial charge is 0.329 e. The first kappa shape index (κ1) is 18.2. The average Bonchev–Trinajstić information content (AvgIpc) is 2.12. The van der Waals surface area contributed by atoms with Gasteiger partial charge in [0.15, 0.2) is 0 Å². The van der Waals surface area contributed by atoms with Crippen molar-refractivity contribution in [1.82, 2.24) is 0 Å². The van der Waals surface area contributed by atoms with Crippen LogP contribution in [0, 0.1) is 0 Å². The first-order valence-electron chi connectivity index (χ1n) is 4.00. The molecule has 0 radical (unpaired) electrons. The zero-order chi connectivity index (χ0) is 12.3. The van der Waals surface area contributed by atoms with E-state index in [0.29, 0.717) is 0 Å². The second kappa shape index (κ2) is 11.3. The monoisotopic (exact) mass is 292 g/mol. The summed E-state index contributed by atoms with van der Waals surface area (Å²) in [4.78, 5) is 9.87. The first-order valence-corrected chi connectivity index (χ1v) is 7.38. The fourth-order valence-electron chi connectivity index (χ4n) is 0.192. The molecule has 4 nitrogen and oxygen atoms in total. The van der Waals surface area contributed by atoms with Crippen LogP contribution in [0.1, 0.15) is 6.92 Å². The van der Waals surface area contributed by atoms with E-state index in [1.54, 1.807) is 21.6 Å². The number of aliphatic hydroxyl groups is 2. The van der Waals surface area contributed by atoms with Gasteiger partial charge in [0.2, 0.25) is 0 Å². The molecule has 0 unspecified atom stereocenters. The third-order valence-electron chi connectivity index (χ3n) is 0.838. The maximum Gasteiger partial charge on any atom is 0.329 e. The Labute approximate surface area is 108 Å². The summed E-state index contributed by atoms with van der Waals surface area (Å²) in [5.74, 6) is 0.481. The highest BCUT2D eigenvalue weighted by atomic mass is 33.1. The summed E-state index contributed by atoms with van der Waals surface area (Å²) in [6.45, 7) is 1.84. The number of rotatable bonds is 6. The minimum absolute atomic E-state index is 0.225. The van der Waals surface area contributed by atoms with Crippen LogP contribution >= 0.6 is 46.8 Å². The summed E-state index contributed by atoms with van der Waals surface area (Å²) in [7, 11) is 3.17. The zero-order valence-corrected chi connectivity index (χ0v) is 11.7. The van der Waals surface area contributed by atoms with Gasteiger partial charge in [0, 0.05) is 11.5 Å².